The van der Waals surface area contributed by atoms with Crippen molar-refractivity contribution in [1.29, 1.82) is 0 Å². The van der Waals surface area contributed by atoms with Crippen molar-refractivity contribution in [3.63, 3.8) is 0 Å². The van der Waals surface area contributed by atoms with E-state index in [1.54, 1.807) is 18.3 Å². The van der Waals surface area contributed by atoms with Crippen LogP contribution in [0.15, 0.2) is 61.3 Å². The largest absolute Gasteiger partial charge is 0.455 e. The predicted molar refractivity (Wildman–Crippen MR) is 100 cm³/mol. The predicted octanol–water partition coefficient (Wildman–Crippen LogP) is 5.16. The molecule has 1 N–H and O–H groups in total. The van der Waals surface area contributed by atoms with Crippen LogP contribution in [0.1, 0.15) is 16.7 Å². The van der Waals surface area contributed by atoms with Crippen molar-refractivity contribution < 1.29 is 22.7 Å². The molecule has 0 radical (unpaired) electrons. The first-order valence-electron chi connectivity index (χ1n) is 8.41. The number of alkyl halides is 3. The molecular formula is C21H17F3N2O2. The number of aryl methyl sites for hydroxylation is 1. The molecule has 0 spiro atoms. The fourth-order valence-corrected chi connectivity index (χ4v) is 2.69. The summed E-state index contributed by atoms with van der Waals surface area (Å²) >= 11 is 0. The molecule has 0 fully saturated rings. The molecule has 28 heavy (non-hydrogen) atoms. The number of halogens is 3. The first kappa shape index (κ1) is 19.4. The first-order chi connectivity index (χ1) is 13.3. The molecule has 0 atom stereocenters. The maximum atomic E-state index is 12.7. The monoisotopic (exact) mass is 386 g/mol. The zero-order chi connectivity index (χ0) is 20.3. The lowest BCUT2D eigenvalue weighted by Gasteiger charge is -2.13. The van der Waals surface area contributed by atoms with E-state index in [-0.39, 0.29) is 18.2 Å². The van der Waals surface area contributed by atoms with Gasteiger partial charge in [-0.2, -0.15) is 13.2 Å². The molecule has 0 aliphatic heterocycles. The number of fused-ring (bicyclic) bond motifs is 1. The van der Waals surface area contributed by atoms with Crippen LogP contribution in [0.5, 0.6) is 11.5 Å². The van der Waals surface area contributed by atoms with Gasteiger partial charge in [0.2, 0.25) is 5.91 Å². The highest BCUT2D eigenvalue weighted by Crippen LogP contribution is 2.34. The molecule has 0 saturated carbocycles. The van der Waals surface area contributed by atoms with Gasteiger partial charge in [-0.15, -0.1) is 0 Å². The van der Waals surface area contributed by atoms with E-state index in [0.717, 1.165) is 28.6 Å². The summed E-state index contributed by atoms with van der Waals surface area (Å²) < 4.78 is 43.9. The van der Waals surface area contributed by atoms with Crippen LogP contribution in [0, 0.1) is 6.92 Å². The zero-order valence-corrected chi connectivity index (χ0v) is 15.0. The Morgan fingerprint density at radius 3 is 2.57 bits per heavy atom. The number of pyridine rings is 1. The molecule has 1 heterocycles. The number of hydrogen-bond acceptors (Lipinski definition) is 3. The topological polar surface area (TPSA) is 51.2 Å². The van der Waals surface area contributed by atoms with Gasteiger partial charge < -0.3 is 10.1 Å². The number of amides is 1. The van der Waals surface area contributed by atoms with Crippen molar-refractivity contribution in [2.45, 2.75) is 19.6 Å². The van der Waals surface area contributed by atoms with Gasteiger partial charge in [-0.05, 0) is 60.5 Å². The first-order valence-corrected chi connectivity index (χ1v) is 8.41. The number of carbonyl (C=O) groups is 1. The Morgan fingerprint density at radius 1 is 1.21 bits per heavy atom. The Hall–Kier alpha value is -3.35. The van der Waals surface area contributed by atoms with E-state index in [2.05, 4.69) is 16.9 Å². The summed E-state index contributed by atoms with van der Waals surface area (Å²) in [6.45, 7) is 5.59. The highest BCUT2D eigenvalue weighted by Gasteiger charge is 2.30. The number of benzene rings is 2. The molecule has 0 aliphatic carbocycles. The maximum absolute atomic E-state index is 12.7. The van der Waals surface area contributed by atoms with Crippen LogP contribution in [0.25, 0.3) is 10.9 Å². The minimum absolute atomic E-state index is 0.268. The number of aromatic nitrogens is 1. The third kappa shape index (κ3) is 4.31. The second-order valence-corrected chi connectivity index (χ2v) is 6.18. The van der Waals surface area contributed by atoms with Gasteiger partial charge in [-0.1, -0.05) is 12.6 Å². The molecular weight excluding hydrogens is 369 g/mol. The highest BCUT2D eigenvalue weighted by molar-refractivity contribution is 5.90. The summed E-state index contributed by atoms with van der Waals surface area (Å²) in [5.74, 6) is 0.386. The van der Waals surface area contributed by atoms with E-state index >= 15 is 0 Å². The smallest absolute Gasteiger partial charge is 0.416 e. The Balaban J connectivity index is 1.94. The Morgan fingerprint density at radius 2 is 1.93 bits per heavy atom. The third-order valence-electron chi connectivity index (χ3n) is 4.09. The number of ether oxygens (including phenoxy) is 1. The maximum Gasteiger partial charge on any atom is 0.416 e. The van der Waals surface area contributed by atoms with Crippen LogP contribution in [0.2, 0.25) is 0 Å². The Labute approximate surface area is 159 Å². The van der Waals surface area contributed by atoms with Gasteiger partial charge in [0.05, 0.1) is 5.56 Å². The summed E-state index contributed by atoms with van der Waals surface area (Å²) in [4.78, 5) is 15.8. The van der Waals surface area contributed by atoms with Crippen LogP contribution in [-0.4, -0.2) is 10.9 Å². The average Bonchev–Trinajstić information content (AvgIpc) is 2.66. The van der Waals surface area contributed by atoms with Gasteiger partial charge in [0.15, 0.2) is 5.75 Å². The molecule has 0 unspecified atom stereocenters. The van der Waals surface area contributed by atoms with E-state index in [9.17, 15) is 18.0 Å². The van der Waals surface area contributed by atoms with Crippen molar-refractivity contribution in [2.24, 2.45) is 0 Å². The van der Waals surface area contributed by atoms with E-state index in [1.165, 1.54) is 18.2 Å². The number of carbonyl (C=O) groups excluding carboxylic acids is 1. The number of hydrogen-bond donors (Lipinski definition) is 1. The molecule has 1 aromatic heterocycles. The quantitative estimate of drug-likeness (QED) is 0.617. The average molecular weight is 386 g/mol. The lowest BCUT2D eigenvalue weighted by Crippen LogP contribution is -2.20. The third-order valence-corrected chi connectivity index (χ3v) is 4.09. The summed E-state index contributed by atoms with van der Waals surface area (Å²) in [6, 6.07) is 9.84. The van der Waals surface area contributed by atoms with Gasteiger partial charge in [0.1, 0.15) is 11.3 Å². The van der Waals surface area contributed by atoms with Crippen LogP contribution in [-0.2, 0) is 17.5 Å². The SMILES string of the molecule is C=CC(=O)NCc1ccc(Oc2ccc(C(F)(F)F)cc2)c2ncc(C)cc12. The van der Waals surface area contributed by atoms with Gasteiger partial charge in [0.25, 0.3) is 0 Å². The molecule has 3 aromatic rings. The van der Waals surface area contributed by atoms with Crippen LogP contribution in [0.3, 0.4) is 0 Å². The summed E-state index contributed by atoms with van der Waals surface area (Å²) in [5, 5.41) is 3.50. The summed E-state index contributed by atoms with van der Waals surface area (Å²) in [6.07, 6.45) is -1.54. The second kappa shape index (κ2) is 7.72. The molecule has 2 aromatic carbocycles. The molecule has 0 aliphatic rings. The molecule has 144 valence electrons. The standard InChI is InChI=1S/C21H17F3N2O2/c1-3-19(27)25-12-14-4-9-18(20-17(14)10-13(2)11-26-20)28-16-7-5-15(6-8-16)21(22,23)24/h3-11H,1,12H2,2H3,(H,25,27). The molecule has 7 heteroatoms. The second-order valence-electron chi connectivity index (χ2n) is 6.18. The van der Waals surface area contributed by atoms with Crippen LogP contribution >= 0.6 is 0 Å². The van der Waals surface area contributed by atoms with Crippen LogP contribution in [0.4, 0.5) is 13.2 Å². The summed E-state index contributed by atoms with van der Waals surface area (Å²) in [5.41, 5.74) is 1.57. The highest BCUT2D eigenvalue weighted by atomic mass is 19.4. The minimum Gasteiger partial charge on any atom is -0.455 e. The van der Waals surface area contributed by atoms with Crippen LogP contribution < -0.4 is 10.1 Å². The fraction of sp³-hybridized carbons (Fsp3) is 0.143. The normalized spacial score (nSPS) is 11.3. The fourth-order valence-electron chi connectivity index (χ4n) is 2.69. The Bertz CT molecular complexity index is 1030. The lowest BCUT2D eigenvalue weighted by atomic mass is 10.1. The van der Waals surface area contributed by atoms with Crippen molar-refractivity contribution in [3.8, 4) is 11.5 Å². The molecule has 4 nitrogen and oxygen atoms in total. The lowest BCUT2D eigenvalue weighted by molar-refractivity contribution is -0.137. The van der Waals surface area contributed by atoms with Crippen molar-refractivity contribution in [2.75, 3.05) is 0 Å². The zero-order valence-electron chi connectivity index (χ0n) is 15.0. The van der Waals surface area contributed by atoms with E-state index in [4.69, 9.17) is 4.74 Å². The number of rotatable bonds is 5. The Kier molecular flexibility index (Phi) is 5.35. The number of nitrogens with one attached hydrogen (secondary N) is 1. The molecule has 1 amide bonds. The molecule has 0 saturated heterocycles. The van der Waals surface area contributed by atoms with E-state index < -0.39 is 11.7 Å². The van der Waals surface area contributed by atoms with Gasteiger partial charge in [0, 0.05) is 18.1 Å². The van der Waals surface area contributed by atoms with Gasteiger partial charge >= 0.3 is 6.18 Å². The minimum atomic E-state index is -4.40. The van der Waals surface area contributed by atoms with E-state index in [1.807, 2.05) is 13.0 Å². The van der Waals surface area contributed by atoms with E-state index in [0.29, 0.717) is 11.3 Å². The number of nitrogens with zero attached hydrogens (tertiary/aromatic N) is 1. The van der Waals surface area contributed by atoms with Gasteiger partial charge in [-0.3, -0.25) is 9.78 Å². The molecule has 3 rings (SSSR count). The van der Waals surface area contributed by atoms with Crippen molar-refractivity contribution in [1.82, 2.24) is 10.3 Å². The molecule has 0 bridgehead atoms. The van der Waals surface area contributed by atoms with Crippen molar-refractivity contribution >= 4 is 16.8 Å². The van der Waals surface area contributed by atoms with Crippen molar-refractivity contribution in [3.05, 3.63) is 78.0 Å². The van der Waals surface area contributed by atoms with Gasteiger partial charge in [-0.25, -0.2) is 0 Å². The summed E-state index contributed by atoms with van der Waals surface area (Å²) in [7, 11) is 0.